The molecule has 0 aliphatic carbocycles. The summed E-state index contributed by atoms with van der Waals surface area (Å²) in [5, 5.41) is 34.2. The first-order chi connectivity index (χ1) is 25.7. The molecule has 0 spiro atoms. The number of amides is 8. The zero-order valence-corrected chi connectivity index (χ0v) is 30.3. The predicted octanol–water partition coefficient (Wildman–Crippen LogP) is -1.19. The molecule has 1 saturated heterocycles. The number of benzene rings is 1. The Kier molecular flexibility index (Phi) is 17.4. The Labute approximate surface area is 312 Å². The number of hydrogen-bond acceptors (Lipinski definition) is 11. The van der Waals surface area contributed by atoms with Crippen LogP contribution in [0.1, 0.15) is 57.9 Å². The van der Waals surface area contributed by atoms with Crippen LogP contribution in [0.4, 0.5) is 15.0 Å². The van der Waals surface area contributed by atoms with E-state index in [1.54, 1.807) is 43.7 Å². The van der Waals surface area contributed by atoms with Gasteiger partial charge in [-0.05, 0) is 55.7 Å². The summed E-state index contributed by atoms with van der Waals surface area (Å²) in [5.41, 5.74) is 7.94. The van der Waals surface area contributed by atoms with Crippen LogP contribution in [0.5, 0.6) is 0 Å². The molecule has 18 nitrogen and oxygen atoms in total. The van der Waals surface area contributed by atoms with Gasteiger partial charge in [-0.25, -0.2) is 4.79 Å². The van der Waals surface area contributed by atoms with E-state index in [4.69, 9.17) is 10.5 Å². The molecule has 1 aromatic carbocycles. The van der Waals surface area contributed by atoms with E-state index in [0.29, 0.717) is 31.4 Å². The van der Waals surface area contributed by atoms with E-state index in [1.807, 2.05) is 0 Å². The minimum absolute atomic E-state index is 0.0826. The molecule has 10 N–H and O–H groups in total. The third-order valence-electron chi connectivity index (χ3n) is 8.89. The number of carbonyl (C=O) groups is 7. The third kappa shape index (κ3) is 13.5. The van der Waals surface area contributed by atoms with Gasteiger partial charge in [0.2, 0.25) is 17.7 Å². The summed E-state index contributed by atoms with van der Waals surface area (Å²) in [6.45, 7) is 3.59. The van der Waals surface area contributed by atoms with E-state index in [0.717, 1.165) is 10.5 Å². The molecule has 6 atom stereocenters. The molecule has 19 heteroatoms. The Morgan fingerprint density at radius 2 is 1.57 bits per heavy atom. The van der Waals surface area contributed by atoms with Crippen LogP contribution < -0.4 is 37.9 Å². The monoisotopic (exact) mass is 762 g/mol. The second-order valence-corrected chi connectivity index (χ2v) is 13.4. The molecule has 0 bridgehead atoms. The van der Waals surface area contributed by atoms with Crippen molar-refractivity contribution < 1.29 is 53.0 Å². The normalized spacial score (nSPS) is 20.4. The van der Waals surface area contributed by atoms with Crippen LogP contribution in [0.3, 0.4) is 0 Å². The molecule has 1 aromatic rings. The Morgan fingerprint density at radius 1 is 0.889 bits per heavy atom. The number of hydrogen-bond donors (Lipinski definition) is 9. The van der Waals surface area contributed by atoms with Gasteiger partial charge < -0.3 is 47.3 Å². The number of nitrogens with zero attached hydrogens (tertiary/aromatic N) is 1. The zero-order chi connectivity index (χ0) is 39.8. The number of aliphatic hydroxyl groups is 2. The summed E-state index contributed by atoms with van der Waals surface area (Å²) in [7, 11) is 0. The van der Waals surface area contributed by atoms with E-state index in [9.17, 15) is 48.3 Å². The molecule has 54 heavy (non-hydrogen) atoms. The van der Waals surface area contributed by atoms with Crippen molar-refractivity contribution in [2.24, 2.45) is 11.7 Å². The van der Waals surface area contributed by atoms with E-state index >= 15 is 0 Å². The summed E-state index contributed by atoms with van der Waals surface area (Å²) in [5.74, 6) is -3.81. The van der Waals surface area contributed by atoms with E-state index in [1.165, 1.54) is 12.2 Å². The molecule has 3 rings (SSSR count). The van der Waals surface area contributed by atoms with Crippen LogP contribution in [0.25, 0.3) is 0 Å². The van der Waals surface area contributed by atoms with Gasteiger partial charge in [-0.1, -0.05) is 32.4 Å². The lowest BCUT2D eigenvalue weighted by Crippen LogP contribution is -2.57. The van der Waals surface area contributed by atoms with Crippen molar-refractivity contribution in [3.8, 4) is 0 Å². The van der Waals surface area contributed by atoms with Crippen LogP contribution in [0.2, 0.25) is 0 Å². The van der Waals surface area contributed by atoms with Gasteiger partial charge in [0.1, 0.15) is 30.4 Å². The number of imide groups is 1. The second kappa shape index (κ2) is 21.7. The van der Waals surface area contributed by atoms with E-state index in [-0.39, 0.29) is 63.2 Å². The summed E-state index contributed by atoms with van der Waals surface area (Å²) < 4.78 is 17.9. The average molecular weight is 763 g/mol. The fourth-order valence-corrected chi connectivity index (χ4v) is 5.81. The molecule has 0 aromatic heterocycles. The van der Waals surface area contributed by atoms with Gasteiger partial charge >= 0.3 is 6.03 Å². The molecule has 0 saturated carbocycles. The first-order valence-corrected chi connectivity index (χ1v) is 17.9. The number of anilines is 1. The number of ether oxygens (including phenoxy) is 1. The summed E-state index contributed by atoms with van der Waals surface area (Å²) in [6.07, 6.45) is -1.07. The molecule has 2 unspecified atom stereocenters. The number of nitrogens with two attached hydrogens (primary N) is 1. The molecule has 1 fully saturated rings. The van der Waals surface area contributed by atoms with Crippen molar-refractivity contribution in [1.29, 1.82) is 0 Å². The van der Waals surface area contributed by atoms with Gasteiger partial charge in [-0.15, -0.1) is 4.48 Å². The molecule has 8 amide bonds. The quantitative estimate of drug-likeness (QED) is 0.0385. The highest BCUT2D eigenvalue weighted by atomic mass is 19.2. The highest BCUT2D eigenvalue weighted by molar-refractivity contribution is 6.12. The maximum absolute atomic E-state index is 13.5. The lowest BCUT2D eigenvalue weighted by molar-refractivity contribution is -0.140. The Hall–Kier alpha value is -4.98. The number of carbonyl (C=O) groups excluding carboxylic acids is 7. The van der Waals surface area contributed by atoms with Crippen LogP contribution in [-0.4, -0.2) is 119 Å². The van der Waals surface area contributed by atoms with Gasteiger partial charge in [-0.3, -0.25) is 33.7 Å². The number of aliphatic hydroxyl groups excluding tert-OH is 2. The van der Waals surface area contributed by atoms with Crippen LogP contribution in [0, 0.1) is 5.92 Å². The van der Waals surface area contributed by atoms with Gasteiger partial charge in [0.25, 0.3) is 17.7 Å². The highest BCUT2D eigenvalue weighted by Gasteiger charge is 2.47. The summed E-state index contributed by atoms with van der Waals surface area (Å²) >= 11 is 0. The van der Waals surface area contributed by atoms with Crippen molar-refractivity contribution >= 4 is 47.2 Å². The lowest BCUT2D eigenvalue weighted by Gasteiger charge is -2.26. The minimum Gasteiger partial charge on any atom is -0.388 e. The number of unbranched alkanes of at least 4 members (excludes halogenated alkanes) is 2. The second-order valence-electron chi connectivity index (χ2n) is 13.4. The fourth-order valence-electron chi connectivity index (χ4n) is 5.81. The first-order valence-electron chi connectivity index (χ1n) is 17.9. The topological polar surface area (TPSA) is 271 Å². The molecular formula is C35H51FN8O10. The summed E-state index contributed by atoms with van der Waals surface area (Å²) in [4.78, 5) is 88.0. The maximum Gasteiger partial charge on any atom is 0.312 e. The van der Waals surface area contributed by atoms with Crippen LogP contribution in [-0.2, 0) is 39.9 Å². The smallest absolute Gasteiger partial charge is 0.312 e. The van der Waals surface area contributed by atoms with Gasteiger partial charge in [-0.2, -0.15) is 5.54 Å². The molecule has 2 aliphatic rings. The molecule has 0 radical (unpaired) electrons. The van der Waals surface area contributed by atoms with Crippen molar-refractivity contribution in [3.05, 3.63) is 42.0 Å². The van der Waals surface area contributed by atoms with Crippen LogP contribution >= 0.6 is 0 Å². The van der Waals surface area contributed by atoms with E-state index in [2.05, 4.69) is 26.6 Å². The number of rotatable bonds is 22. The minimum atomic E-state index is -1.68. The highest BCUT2D eigenvalue weighted by Crippen LogP contribution is 2.22. The Morgan fingerprint density at radius 3 is 2.20 bits per heavy atom. The average Bonchev–Trinajstić information content (AvgIpc) is 3.61. The molecule has 2 heterocycles. The summed E-state index contributed by atoms with van der Waals surface area (Å²) in [6, 6.07) is 3.61. The fraction of sp³-hybridized carbons (Fsp3) is 0.571. The standard InChI is InChI=1S/C35H51FN8O10/c1-20(2)28(33(51)42-23(7-6-16-38-35(37)53)32(50)41-22-11-9-21(10-12-22)15-17-40-36)43-34(52)31-30(49)29(48)24(54-31)19-39-25(45)8-4-3-5-18-44-26(46)13-14-27(44)47/h9-14,20,23-24,28-31,40,48-49H,3-8,15-19H2,1-2H3,(H,39,45)(H,41,50)(H,42,51)(H,43,52)(H3,37,38,53)/t23?,24-,28?,29+,30+,31+/m1/s1. The van der Waals surface area contributed by atoms with Gasteiger partial charge in [0.15, 0.2) is 6.10 Å². The predicted molar refractivity (Wildman–Crippen MR) is 191 cm³/mol. The number of halogens is 1. The van der Waals surface area contributed by atoms with Crippen molar-refractivity contribution in [2.75, 3.05) is 31.5 Å². The van der Waals surface area contributed by atoms with Crippen molar-refractivity contribution in [2.45, 2.75) is 95.3 Å². The lowest BCUT2D eigenvalue weighted by atomic mass is 10.0. The van der Waals surface area contributed by atoms with Crippen molar-refractivity contribution in [3.63, 3.8) is 0 Å². The molecular weight excluding hydrogens is 711 g/mol. The van der Waals surface area contributed by atoms with Gasteiger partial charge in [0, 0.05) is 50.4 Å². The molecule has 298 valence electrons. The van der Waals surface area contributed by atoms with Gasteiger partial charge in [0.05, 0.1) is 0 Å². The third-order valence-corrected chi connectivity index (χ3v) is 8.89. The van der Waals surface area contributed by atoms with Crippen molar-refractivity contribution in [1.82, 2.24) is 31.7 Å². The maximum atomic E-state index is 13.5. The SMILES string of the molecule is CC(C)C(NC(=O)[C@H]1O[C@H](CNC(=O)CCCCCN2C(=O)C=CC2=O)[C@H](O)[C@@H]1O)C(=O)NC(CCCNC(N)=O)C(=O)Nc1ccc(CCNF)cc1. The Balaban J connectivity index is 1.53. The Bertz CT molecular complexity index is 1490. The van der Waals surface area contributed by atoms with E-state index < -0.39 is 66.2 Å². The number of primary amides is 1. The van der Waals surface area contributed by atoms with Crippen LogP contribution in [0.15, 0.2) is 36.4 Å². The first kappa shape index (κ1) is 43.4. The number of urea groups is 1. The number of nitrogens with one attached hydrogen (secondary N) is 6. The molecule has 2 aliphatic heterocycles. The largest absolute Gasteiger partial charge is 0.388 e. The zero-order valence-electron chi connectivity index (χ0n) is 30.3.